The number of methoxy groups -OCH3 is 1. The summed E-state index contributed by atoms with van der Waals surface area (Å²) in [6.45, 7) is 2.05. The van der Waals surface area contributed by atoms with Gasteiger partial charge in [0.15, 0.2) is 11.5 Å². The Hall–Kier alpha value is -0.930. The molecule has 0 heterocycles. The third-order valence-electron chi connectivity index (χ3n) is 5.05. The fraction of sp³-hybridized carbons (Fsp3) is 0.647. The van der Waals surface area contributed by atoms with Crippen molar-refractivity contribution in [3.8, 4) is 11.5 Å². The van der Waals surface area contributed by atoms with Gasteiger partial charge in [0.2, 0.25) is 0 Å². The molecule has 1 aromatic carbocycles. The molecule has 1 aromatic rings. The van der Waals surface area contributed by atoms with Crippen molar-refractivity contribution in [1.29, 1.82) is 0 Å². The lowest BCUT2D eigenvalue weighted by Crippen LogP contribution is -2.31. The smallest absolute Gasteiger partial charge is 0.163 e. The molecule has 1 atom stereocenters. The Kier molecular flexibility index (Phi) is 4.06. The molecule has 1 unspecified atom stereocenters. The van der Waals surface area contributed by atoms with E-state index in [-0.39, 0.29) is 11.5 Å². The second-order valence-corrected chi connectivity index (χ2v) is 6.86. The summed E-state index contributed by atoms with van der Waals surface area (Å²) in [5.41, 5.74) is 7.29. The standard InChI is InChI=1S/C17H24ClNO2/c1-11(19)17(7-8-17)13-9-15(20-2)16(10-14(13)18)21-12-5-3-4-6-12/h9-12H,3-8,19H2,1-2H3. The number of benzene rings is 1. The maximum absolute atomic E-state index is 6.52. The average Bonchev–Trinajstić information content (AvgIpc) is 3.11. The van der Waals surface area contributed by atoms with Crippen molar-refractivity contribution < 1.29 is 9.47 Å². The lowest BCUT2D eigenvalue weighted by molar-refractivity contribution is 0.200. The Morgan fingerprint density at radius 1 is 1.24 bits per heavy atom. The van der Waals surface area contributed by atoms with Crippen LogP contribution in [0.5, 0.6) is 11.5 Å². The van der Waals surface area contributed by atoms with Gasteiger partial charge in [-0.15, -0.1) is 0 Å². The van der Waals surface area contributed by atoms with Crippen LogP contribution >= 0.6 is 11.6 Å². The molecular weight excluding hydrogens is 286 g/mol. The van der Waals surface area contributed by atoms with E-state index in [2.05, 4.69) is 6.92 Å². The molecule has 0 aromatic heterocycles. The molecule has 0 amide bonds. The van der Waals surface area contributed by atoms with Gasteiger partial charge in [0.05, 0.1) is 13.2 Å². The molecular formula is C17H24ClNO2. The Bertz CT molecular complexity index is 520. The first-order chi connectivity index (χ1) is 10.1. The highest BCUT2D eigenvalue weighted by Gasteiger charge is 2.49. The summed E-state index contributed by atoms with van der Waals surface area (Å²) < 4.78 is 11.6. The van der Waals surface area contributed by atoms with Crippen LogP contribution in [0, 0.1) is 0 Å². The highest BCUT2D eigenvalue weighted by Crippen LogP contribution is 2.54. The molecule has 116 valence electrons. The van der Waals surface area contributed by atoms with Crippen LogP contribution in [0.4, 0.5) is 0 Å². The lowest BCUT2D eigenvalue weighted by atomic mass is 9.89. The fourth-order valence-electron chi connectivity index (χ4n) is 3.46. The van der Waals surface area contributed by atoms with Crippen LogP contribution in [0.2, 0.25) is 5.02 Å². The van der Waals surface area contributed by atoms with Crippen LogP contribution in [0.1, 0.15) is 51.0 Å². The van der Waals surface area contributed by atoms with E-state index < -0.39 is 0 Å². The van der Waals surface area contributed by atoms with Crippen molar-refractivity contribution in [3.05, 3.63) is 22.7 Å². The van der Waals surface area contributed by atoms with E-state index in [0.717, 1.165) is 47.8 Å². The van der Waals surface area contributed by atoms with E-state index in [1.54, 1.807) is 7.11 Å². The predicted octanol–water partition coefficient (Wildman–Crippen LogP) is 4.05. The third-order valence-corrected chi connectivity index (χ3v) is 5.36. The van der Waals surface area contributed by atoms with Gasteiger partial charge in [0, 0.05) is 22.5 Å². The van der Waals surface area contributed by atoms with E-state index >= 15 is 0 Å². The highest BCUT2D eigenvalue weighted by molar-refractivity contribution is 6.31. The van der Waals surface area contributed by atoms with Gasteiger partial charge in [-0.2, -0.15) is 0 Å². The lowest BCUT2D eigenvalue weighted by Gasteiger charge is -2.24. The number of hydrogen-bond acceptors (Lipinski definition) is 3. The van der Waals surface area contributed by atoms with E-state index in [0.29, 0.717) is 6.10 Å². The van der Waals surface area contributed by atoms with E-state index in [1.165, 1.54) is 12.8 Å². The van der Waals surface area contributed by atoms with Crippen LogP contribution < -0.4 is 15.2 Å². The first-order valence-electron chi connectivity index (χ1n) is 7.87. The molecule has 3 rings (SSSR count). The monoisotopic (exact) mass is 309 g/mol. The topological polar surface area (TPSA) is 44.5 Å². The minimum atomic E-state index is 0.0241. The maximum atomic E-state index is 6.52. The molecule has 21 heavy (non-hydrogen) atoms. The molecule has 2 aliphatic carbocycles. The Balaban J connectivity index is 1.91. The third kappa shape index (κ3) is 2.74. The van der Waals surface area contributed by atoms with Crippen molar-refractivity contribution >= 4 is 11.6 Å². The first-order valence-corrected chi connectivity index (χ1v) is 8.25. The second-order valence-electron chi connectivity index (χ2n) is 6.45. The first kappa shape index (κ1) is 15.0. The van der Waals surface area contributed by atoms with E-state index in [9.17, 15) is 0 Å². The normalized spacial score (nSPS) is 22.1. The van der Waals surface area contributed by atoms with Gasteiger partial charge in [-0.05, 0) is 57.1 Å². The van der Waals surface area contributed by atoms with Gasteiger partial charge in [-0.1, -0.05) is 11.6 Å². The zero-order valence-electron chi connectivity index (χ0n) is 12.8. The van der Waals surface area contributed by atoms with Crippen LogP contribution in [-0.4, -0.2) is 19.3 Å². The van der Waals surface area contributed by atoms with Gasteiger partial charge in [-0.3, -0.25) is 0 Å². The molecule has 4 heteroatoms. The molecule has 2 aliphatic rings. The Labute approximate surface area is 131 Å². The summed E-state index contributed by atoms with van der Waals surface area (Å²) in [7, 11) is 1.68. The molecule has 0 aliphatic heterocycles. The zero-order chi connectivity index (χ0) is 15.0. The number of hydrogen-bond donors (Lipinski definition) is 1. The molecule has 2 fully saturated rings. The van der Waals surface area contributed by atoms with Crippen LogP contribution in [0.3, 0.4) is 0 Å². The summed E-state index contributed by atoms with van der Waals surface area (Å²) in [5.74, 6) is 1.53. The van der Waals surface area contributed by atoms with Gasteiger partial charge in [0.1, 0.15) is 0 Å². The van der Waals surface area contributed by atoms with Gasteiger partial charge >= 0.3 is 0 Å². The van der Waals surface area contributed by atoms with Gasteiger partial charge < -0.3 is 15.2 Å². The summed E-state index contributed by atoms with van der Waals surface area (Å²) in [6.07, 6.45) is 7.20. The summed E-state index contributed by atoms with van der Waals surface area (Å²) in [4.78, 5) is 0. The van der Waals surface area contributed by atoms with E-state index in [1.807, 2.05) is 12.1 Å². The second kappa shape index (κ2) is 5.69. The largest absolute Gasteiger partial charge is 0.493 e. The highest BCUT2D eigenvalue weighted by atomic mass is 35.5. The van der Waals surface area contributed by atoms with Gasteiger partial charge in [0.25, 0.3) is 0 Å². The Morgan fingerprint density at radius 3 is 2.43 bits per heavy atom. The minimum absolute atomic E-state index is 0.0241. The maximum Gasteiger partial charge on any atom is 0.163 e. The van der Waals surface area contributed by atoms with Gasteiger partial charge in [-0.25, -0.2) is 0 Å². The zero-order valence-corrected chi connectivity index (χ0v) is 13.6. The van der Waals surface area contributed by atoms with Crippen molar-refractivity contribution in [2.75, 3.05) is 7.11 Å². The molecule has 2 saturated carbocycles. The van der Waals surface area contributed by atoms with Crippen molar-refractivity contribution in [2.45, 2.75) is 63.0 Å². The molecule has 3 nitrogen and oxygen atoms in total. The quantitative estimate of drug-likeness (QED) is 0.892. The SMILES string of the molecule is COc1cc(C2(C(C)N)CC2)c(Cl)cc1OC1CCCC1. The summed E-state index contributed by atoms with van der Waals surface area (Å²) in [6, 6.07) is 4.04. The summed E-state index contributed by atoms with van der Waals surface area (Å²) >= 11 is 6.52. The molecule has 0 spiro atoms. The van der Waals surface area contributed by atoms with Crippen LogP contribution in [0.15, 0.2) is 12.1 Å². The minimum Gasteiger partial charge on any atom is -0.493 e. The van der Waals surface area contributed by atoms with Crippen LogP contribution in [-0.2, 0) is 5.41 Å². The molecule has 0 radical (unpaired) electrons. The van der Waals surface area contributed by atoms with Crippen LogP contribution in [0.25, 0.3) is 0 Å². The molecule has 2 N–H and O–H groups in total. The predicted molar refractivity (Wildman–Crippen MR) is 85.4 cm³/mol. The summed E-state index contributed by atoms with van der Waals surface area (Å²) in [5, 5.41) is 0.749. The number of nitrogens with two attached hydrogens (primary N) is 1. The fourth-order valence-corrected chi connectivity index (χ4v) is 3.80. The number of ether oxygens (including phenoxy) is 2. The van der Waals surface area contributed by atoms with Crippen molar-refractivity contribution in [3.63, 3.8) is 0 Å². The molecule has 0 bridgehead atoms. The van der Waals surface area contributed by atoms with E-state index in [4.69, 9.17) is 26.8 Å². The molecule has 0 saturated heterocycles. The Morgan fingerprint density at radius 2 is 1.90 bits per heavy atom. The number of halogens is 1. The average molecular weight is 310 g/mol. The van der Waals surface area contributed by atoms with Crippen molar-refractivity contribution in [1.82, 2.24) is 0 Å². The number of rotatable bonds is 5. The van der Waals surface area contributed by atoms with Crippen molar-refractivity contribution in [2.24, 2.45) is 5.73 Å².